The van der Waals surface area contributed by atoms with Crippen molar-refractivity contribution >= 4 is 33.0 Å². The third kappa shape index (κ3) is 5.83. The lowest BCUT2D eigenvalue weighted by Crippen LogP contribution is -2.38. The van der Waals surface area contributed by atoms with E-state index in [-0.39, 0.29) is 38.9 Å². The van der Waals surface area contributed by atoms with Crippen LogP contribution >= 0.6 is 11.6 Å². The van der Waals surface area contributed by atoms with Gasteiger partial charge in [-0.1, -0.05) is 17.7 Å². The molecule has 6 nitrogen and oxygen atoms in total. The monoisotopic (exact) mass is 578 g/mol. The molecule has 2 aliphatic rings. The Morgan fingerprint density at radius 1 is 1.03 bits per heavy atom. The maximum absolute atomic E-state index is 13.8. The number of ether oxygens (including phenoxy) is 1. The number of fused-ring (bicyclic) bond motifs is 2. The van der Waals surface area contributed by atoms with Crippen LogP contribution in [0.4, 0.5) is 18.9 Å². The van der Waals surface area contributed by atoms with Gasteiger partial charge >= 0.3 is 0 Å². The number of hydrogen-bond acceptors (Lipinski definition) is 5. The van der Waals surface area contributed by atoms with Crippen LogP contribution in [0.15, 0.2) is 59.6 Å². The van der Waals surface area contributed by atoms with Crippen molar-refractivity contribution in [2.45, 2.75) is 42.4 Å². The van der Waals surface area contributed by atoms with Crippen LogP contribution in [0, 0.1) is 35.2 Å². The molecule has 11 heteroatoms. The van der Waals surface area contributed by atoms with Gasteiger partial charge in [0.05, 0.1) is 27.5 Å². The average Bonchev–Trinajstić information content (AvgIpc) is 3.19. The van der Waals surface area contributed by atoms with E-state index in [0.717, 1.165) is 18.5 Å². The van der Waals surface area contributed by atoms with Crippen LogP contribution in [-0.4, -0.2) is 31.2 Å². The summed E-state index contributed by atoms with van der Waals surface area (Å²) in [5, 5.41) is 1.64. The van der Waals surface area contributed by atoms with Gasteiger partial charge in [0.15, 0.2) is 27.3 Å². The van der Waals surface area contributed by atoms with Crippen molar-refractivity contribution in [3.05, 3.63) is 88.5 Å². The lowest BCUT2D eigenvalue weighted by atomic mass is 9.81. The number of pyridine rings is 1. The van der Waals surface area contributed by atoms with Gasteiger partial charge in [-0.05, 0) is 73.8 Å². The number of nitrogens with zero attached hydrogens (tertiary/aromatic N) is 1. The standard InChI is InChI=1S/C28H26ClF3N2O4S/c29-22-7-6-19(28(35)34-21-12-23(30)26(32)24(31)13-21)11-25(22)39(36,37)27-17-4-5-18(27)10-16(9-17)14-38-15-20-3-1-2-8-33-20/h1-3,6-8,11-13,16-18,27H,4-5,9-10,14-15H2,(H,34,35)/t16-,17?,18?,27+. The third-order valence-electron chi connectivity index (χ3n) is 7.54. The summed E-state index contributed by atoms with van der Waals surface area (Å²) < 4.78 is 73.9. The van der Waals surface area contributed by atoms with E-state index in [9.17, 15) is 26.4 Å². The Morgan fingerprint density at radius 3 is 2.36 bits per heavy atom. The molecule has 2 saturated carbocycles. The lowest BCUT2D eigenvalue weighted by molar-refractivity contribution is 0.0609. The summed E-state index contributed by atoms with van der Waals surface area (Å²) in [7, 11) is -3.90. The van der Waals surface area contributed by atoms with Crippen LogP contribution in [0.3, 0.4) is 0 Å². The van der Waals surface area contributed by atoms with Gasteiger partial charge in [0.1, 0.15) is 0 Å². The van der Waals surface area contributed by atoms with Crippen molar-refractivity contribution in [3.63, 3.8) is 0 Å². The fourth-order valence-electron chi connectivity index (χ4n) is 5.89. The SMILES string of the molecule is O=C(Nc1cc(F)c(F)c(F)c1)c1ccc(Cl)c(S(=O)(=O)[C@H]2C3CCC2C[C@H](COCc2ccccn2)C3)c1. The lowest BCUT2D eigenvalue weighted by Gasteiger charge is -2.35. The third-order valence-corrected chi connectivity index (χ3v) is 10.4. The average molecular weight is 579 g/mol. The molecule has 2 unspecified atom stereocenters. The van der Waals surface area contributed by atoms with E-state index in [1.165, 1.54) is 18.2 Å². The summed E-state index contributed by atoms with van der Waals surface area (Å²) in [5.74, 6) is -5.27. The maximum atomic E-state index is 13.8. The number of halogens is 4. The zero-order valence-electron chi connectivity index (χ0n) is 20.7. The zero-order valence-corrected chi connectivity index (χ0v) is 22.3. The Labute approximate surface area is 229 Å². The van der Waals surface area contributed by atoms with Gasteiger partial charge in [-0.2, -0.15) is 0 Å². The number of sulfone groups is 1. The van der Waals surface area contributed by atoms with Crippen molar-refractivity contribution in [1.29, 1.82) is 0 Å². The first-order valence-electron chi connectivity index (χ1n) is 12.6. The van der Waals surface area contributed by atoms with Gasteiger partial charge in [-0.15, -0.1) is 0 Å². The second-order valence-corrected chi connectivity index (χ2v) is 12.6. The zero-order chi connectivity index (χ0) is 27.7. The molecule has 2 atom stereocenters. The van der Waals surface area contributed by atoms with E-state index in [4.69, 9.17) is 16.3 Å². The molecule has 206 valence electrons. The van der Waals surface area contributed by atoms with Gasteiger partial charge in [0.2, 0.25) is 0 Å². The highest BCUT2D eigenvalue weighted by Gasteiger charge is 2.50. The van der Waals surface area contributed by atoms with Crippen LogP contribution in [0.1, 0.15) is 41.7 Å². The van der Waals surface area contributed by atoms with Crippen molar-refractivity contribution in [2.24, 2.45) is 17.8 Å². The van der Waals surface area contributed by atoms with Gasteiger partial charge in [0, 0.05) is 36.2 Å². The minimum absolute atomic E-state index is 0.00867. The molecule has 0 aliphatic heterocycles. The number of carbonyl (C=O) groups is 1. The number of carbonyl (C=O) groups excluding carboxylic acids is 1. The number of amides is 1. The number of rotatable bonds is 8. The van der Waals surface area contributed by atoms with E-state index in [1.54, 1.807) is 6.20 Å². The van der Waals surface area contributed by atoms with Crippen LogP contribution in [0.25, 0.3) is 0 Å². The molecule has 3 aromatic rings. The summed E-state index contributed by atoms with van der Waals surface area (Å²) >= 11 is 6.32. The first-order chi connectivity index (χ1) is 18.6. The van der Waals surface area contributed by atoms with Gasteiger partial charge in [0.25, 0.3) is 5.91 Å². The fourth-order valence-corrected chi connectivity index (χ4v) is 8.77. The maximum Gasteiger partial charge on any atom is 0.255 e. The van der Waals surface area contributed by atoms with Gasteiger partial charge < -0.3 is 10.1 Å². The Balaban J connectivity index is 1.29. The first-order valence-corrected chi connectivity index (χ1v) is 14.5. The Hall–Kier alpha value is -2.95. The highest BCUT2D eigenvalue weighted by atomic mass is 35.5. The molecule has 2 aromatic carbocycles. The van der Waals surface area contributed by atoms with E-state index in [1.807, 2.05) is 18.2 Å². The van der Waals surface area contributed by atoms with Crippen LogP contribution in [-0.2, 0) is 21.2 Å². The highest BCUT2D eigenvalue weighted by Crippen LogP contribution is 2.50. The molecule has 1 amide bonds. The number of nitrogens with one attached hydrogen (secondary N) is 1. The topological polar surface area (TPSA) is 85.4 Å². The quantitative estimate of drug-likeness (QED) is 0.322. The fraction of sp³-hybridized carbons (Fsp3) is 0.357. The van der Waals surface area contributed by atoms with Crippen molar-refractivity contribution in [3.8, 4) is 0 Å². The predicted molar refractivity (Wildman–Crippen MR) is 140 cm³/mol. The largest absolute Gasteiger partial charge is 0.375 e. The Morgan fingerprint density at radius 2 is 1.72 bits per heavy atom. The Bertz CT molecular complexity index is 1450. The van der Waals surface area contributed by atoms with E-state index < -0.39 is 38.4 Å². The smallest absolute Gasteiger partial charge is 0.255 e. The second-order valence-electron chi connectivity index (χ2n) is 10.1. The molecule has 39 heavy (non-hydrogen) atoms. The molecule has 2 aliphatic carbocycles. The van der Waals surface area contributed by atoms with E-state index >= 15 is 0 Å². The summed E-state index contributed by atoms with van der Waals surface area (Å²) in [4.78, 5) is 16.9. The van der Waals surface area contributed by atoms with Crippen LogP contribution < -0.4 is 5.32 Å². The summed E-state index contributed by atoms with van der Waals surface area (Å²) in [5.41, 5.74) is 0.467. The predicted octanol–water partition coefficient (Wildman–Crippen LogP) is 6.20. The number of benzene rings is 2. The first kappa shape index (κ1) is 27.6. The second kappa shape index (κ2) is 11.3. The van der Waals surface area contributed by atoms with E-state index in [2.05, 4.69) is 10.3 Å². The molecule has 5 rings (SSSR count). The number of hydrogen-bond donors (Lipinski definition) is 1. The van der Waals surface area contributed by atoms with Gasteiger partial charge in [-0.3, -0.25) is 9.78 Å². The molecule has 0 spiro atoms. The van der Waals surface area contributed by atoms with Crippen molar-refractivity contribution < 1.29 is 31.1 Å². The van der Waals surface area contributed by atoms with Crippen molar-refractivity contribution in [1.82, 2.24) is 4.98 Å². The molecule has 2 bridgehead atoms. The Kier molecular flexibility index (Phi) is 7.98. The summed E-state index contributed by atoms with van der Waals surface area (Å²) in [6, 6.07) is 10.7. The van der Waals surface area contributed by atoms with Crippen LogP contribution in [0.5, 0.6) is 0 Å². The highest BCUT2D eigenvalue weighted by molar-refractivity contribution is 7.92. The summed E-state index contributed by atoms with van der Waals surface area (Å²) in [6.07, 6.45) is 4.70. The number of aromatic nitrogens is 1. The summed E-state index contributed by atoms with van der Waals surface area (Å²) in [6.45, 7) is 0.924. The minimum Gasteiger partial charge on any atom is -0.375 e. The molecular weight excluding hydrogens is 553 g/mol. The molecular formula is C28H26ClF3N2O4S. The normalized spacial score (nSPS) is 22.6. The van der Waals surface area contributed by atoms with Gasteiger partial charge in [-0.25, -0.2) is 21.6 Å². The van der Waals surface area contributed by atoms with E-state index in [0.29, 0.717) is 38.2 Å². The van der Waals surface area contributed by atoms with Crippen molar-refractivity contribution in [2.75, 3.05) is 11.9 Å². The number of anilines is 1. The molecule has 0 saturated heterocycles. The molecule has 0 radical (unpaired) electrons. The molecule has 2 fully saturated rings. The molecule has 1 heterocycles. The molecule has 1 aromatic heterocycles. The van der Waals surface area contributed by atoms with Crippen LogP contribution in [0.2, 0.25) is 5.02 Å². The minimum atomic E-state index is -3.90. The molecule has 1 N–H and O–H groups in total.